The quantitative estimate of drug-likeness (QED) is 0.860. The van der Waals surface area contributed by atoms with E-state index in [1.165, 1.54) is 5.56 Å². The molecule has 1 heterocycles. The number of carbonyl (C=O) groups is 1. The summed E-state index contributed by atoms with van der Waals surface area (Å²) in [6, 6.07) is 2.05. The fraction of sp³-hybridized carbons (Fsp3) is 0.444. The molecule has 0 aliphatic carbocycles. The van der Waals surface area contributed by atoms with Crippen LogP contribution < -0.4 is 10.6 Å². The topological polar surface area (TPSA) is 41.1 Å². The lowest BCUT2D eigenvalue weighted by Crippen LogP contribution is -2.33. The SMILES string of the molecule is CCNC(=O)CNCc1csc(Br)c1. The average molecular weight is 277 g/mol. The molecule has 0 aromatic carbocycles. The highest BCUT2D eigenvalue weighted by molar-refractivity contribution is 9.11. The second-order valence-corrected chi connectivity index (χ2v) is 5.11. The summed E-state index contributed by atoms with van der Waals surface area (Å²) in [5.41, 5.74) is 1.20. The summed E-state index contributed by atoms with van der Waals surface area (Å²) in [4.78, 5) is 11.1. The van der Waals surface area contributed by atoms with E-state index in [1.54, 1.807) is 11.3 Å². The van der Waals surface area contributed by atoms with Crippen LogP contribution in [0.1, 0.15) is 12.5 Å². The van der Waals surface area contributed by atoms with Crippen LogP contribution in [0.4, 0.5) is 0 Å². The molecule has 0 aliphatic rings. The lowest BCUT2D eigenvalue weighted by molar-refractivity contribution is -0.120. The van der Waals surface area contributed by atoms with Crippen molar-refractivity contribution in [3.05, 3.63) is 20.8 Å². The van der Waals surface area contributed by atoms with Crippen LogP contribution in [0.25, 0.3) is 0 Å². The Morgan fingerprint density at radius 1 is 1.64 bits per heavy atom. The molecule has 3 nitrogen and oxygen atoms in total. The molecule has 0 bridgehead atoms. The van der Waals surface area contributed by atoms with E-state index in [1.807, 2.05) is 6.92 Å². The number of hydrogen-bond donors (Lipinski definition) is 2. The molecule has 0 aliphatic heterocycles. The van der Waals surface area contributed by atoms with Gasteiger partial charge in [-0.15, -0.1) is 11.3 Å². The number of nitrogens with one attached hydrogen (secondary N) is 2. The number of amides is 1. The number of rotatable bonds is 5. The minimum atomic E-state index is 0.0433. The van der Waals surface area contributed by atoms with Gasteiger partial charge in [-0.1, -0.05) is 0 Å². The standard InChI is InChI=1S/C9H13BrN2OS/c1-2-12-9(13)5-11-4-7-3-8(10)14-6-7/h3,6,11H,2,4-5H2,1H3,(H,12,13). The summed E-state index contributed by atoms with van der Waals surface area (Å²) in [5, 5.41) is 7.87. The highest BCUT2D eigenvalue weighted by atomic mass is 79.9. The van der Waals surface area contributed by atoms with E-state index >= 15 is 0 Å². The number of halogens is 1. The van der Waals surface area contributed by atoms with E-state index in [0.717, 1.165) is 10.3 Å². The van der Waals surface area contributed by atoms with Gasteiger partial charge < -0.3 is 10.6 Å². The molecular weight excluding hydrogens is 264 g/mol. The zero-order chi connectivity index (χ0) is 10.4. The van der Waals surface area contributed by atoms with Gasteiger partial charge in [0, 0.05) is 13.1 Å². The van der Waals surface area contributed by atoms with E-state index < -0.39 is 0 Å². The van der Waals surface area contributed by atoms with Gasteiger partial charge in [0.05, 0.1) is 10.3 Å². The van der Waals surface area contributed by atoms with Gasteiger partial charge in [-0.25, -0.2) is 0 Å². The molecule has 0 saturated carbocycles. The van der Waals surface area contributed by atoms with Crippen LogP contribution in [0.5, 0.6) is 0 Å². The van der Waals surface area contributed by atoms with E-state index in [-0.39, 0.29) is 5.91 Å². The Kier molecular flexibility index (Phi) is 5.14. The molecule has 0 spiro atoms. The highest BCUT2D eigenvalue weighted by Gasteiger charge is 1.99. The summed E-state index contributed by atoms with van der Waals surface area (Å²) in [6.07, 6.45) is 0. The van der Waals surface area contributed by atoms with Gasteiger partial charge in [-0.2, -0.15) is 0 Å². The number of carbonyl (C=O) groups excluding carboxylic acids is 1. The predicted octanol–water partition coefficient (Wildman–Crippen LogP) is 1.74. The van der Waals surface area contributed by atoms with Gasteiger partial charge in [-0.05, 0) is 39.9 Å². The van der Waals surface area contributed by atoms with Gasteiger partial charge in [0.2, 0.25) is 5.91 Å². The first-order valence-electron chi connectivity index (χ1n) is 4.42. The second-order valence-electron chi connectivity index (χ2n) is 2.82. The van der Waals surface area contributed by atoms with Gasteiger partial charge in [0.15, 0.2) is 0 Å². The van der Waals surface area contributed by atoms with Crippen LogP contribution in [0.2, 0.25) is 0 Å². The number of likely N-dealkylation sites (N-methyl/N-ethyl adjacent to an activating group) is 1. The van der Waals surface area contributed by atoms with Crippen molar-refractivity contribution in [2.75, 3.05) is 13.1 Å². The van der Waals surface area contributed by atoms with Crippen LogP contribution in [-0.2, 0) is 11.3 Å². The lowest BCUT2D eigenvalue weighted by atomic mass is 10.3. The molecule has 0 radical (unpaired) electrons. The Morgan fingerprint density at radius 2 is 2.43 bits per heavy atom. The molecule has 2 N–H and O–H groups in total. The van der Waals surface area contributed by atoms with Crippen molar-refractivity contribution in [3.8, 4) is 0 Å². The normalized spacial score (nSPS) is 10.1. The smallest absolute Gasteiger partial charge is 0.233 e. The Bertz CT molecular complexity index is 301. The molecule has 0 atom stereocenters. The van der Waals surface area contributed by atoms with Crippen LogP contribution in [-0.4, -0.2) is 19.0 Å². The van der Waals surface area contributed by atoms with Crippen LogP contribution in [0, 0.1) is 0 Å². The van der Waals surface area contributed by atoms with Crippen molar-refractivity contribution in [2.45, 2.75) is 13.5 Å². The summed E-state index contributed by atoms with van der Waals surface area (Å²) < 4.78 is 1.12. The zero-order valence-corrected chi connectivity index (χ0v) is 10.4. The van der Waals surface area contributed by atoms with Gasteiger partial charge in [0.1, 0.15) is 0 Å². The summed E-state index contributed by atoms with van der Waals surface area (Å²) in [7, 11) is 0. The monoisotopic (exact) mass is 276 g/mol. The lowest BCUT2D eigenvalue weighted by Gasteiger charge is -2.02. The van der Waals surface area contributed by atoms with Crippen LogP contribution in [0.3, 0.4) is 0 Å². The molecule has 0 unspecified atom stereocenters. The minimum Gasteiger partial charge on any atom is -0.355 e. The maximum atomic E-state index is 11.1. The number of thiophene rings is 1. The first-order chi connectivity index (χ1) is 6.72. The van der Waals surface area contributed by atoms with Crippen molar-refractivity contribution < 1.29 is 4.79 Å². The zero-order valence-electron chi connectivity index (χ0n) is 7.97. The first-order valence-corrected chi connectivity index (χ1v) is 6.10. The molecule has 0 fully saturated rings. The Morgan fingerprint density at radius 3 is 3.00 bits per heavy atom. The van der Waals surface area contributed by atoms with Gasteiger partial charge in [0.25, 0.3) is 0 Å². The molecular formula is C9H13BrN2OS. The highest BCUT2D eigenvalue weighted by Crippen LogP contribution is 2.20. The molecule has 1 aromatic rings. The Hall–Kier alpha value is -0.390. The molecule has 1 aromatic heterocycles. The van der Waals surface area contributed by atoms with E-state index in [0.29, 0.717) is 13.1 Å². The van der Waals surface area contributed by atoms with Crippen molar-refractivity contribution in [1.29, 1.82) is 0 Å². The maximum Gasteiger partial charge on any atom is 0.233 e. The largest absolute Gasteiger partial charge is 0.355 e. The first kappa shape index (κ1) is 11.7. The molecule has 1 amide bonds. The fourth-order valence-electron chi connectivity index (χ4n) is 1.02. The van der Waals surface area contributed by atoms with E-state index in [9.17, 15) is 4.79 Å². The maximum absolute atomic E-state index is 11.1. The third-order valence-corrected chi connectivity index (χ3v) is 3.16. The number of hydrogen-bond acceptors (Lipinski definition) is 3. The minimum absolute atomic E-state index is 0.0433. The molecule has 5 heteroatoms. The molecule has 0 saturated heterocycles. The van der Waals surface area contributed by atoms with Crippen LogP contribution >= 0.6 is 27.3 Å². The van der Waals surface area contributed by atoms with Crippen molar-refractivity contribution in [2.24, 2.45) is 0 Å². The fourth-order valence-corrected chi connectivity index (χ4v) is 2.23. The van der Waals surface area contributed by atoms with E-state index in [4.69, 9.17) is 0 Å². The van der Waals surface area contributed by atoms with Gasteiger partial charge >= 0.3 is 0 Å². The summed E-state index contributed by atoms with van der Waals surface area (Å²) in [6.45, 7) is 3.71. The third-order valence-electron chi connectivity index (χ3n) is 1.61. The Labute approximate surface area is 96.0 Å². The second kappa shape index (κ2) is 6.16. The summed E-state index contributed by atoms with van der Waals surface area (Å²) in [5.74, 6) is 0.0433. The van der Waals surface area contributed by atoms with Crippen molar-refractivity contribution in [3.63, 3.8) is 0 Å². The third kappa shape index (κ3) is 4.21. The van der Waals surface area contributed by atoms with Crippen molar-refractivity contribution in [1.82, 2.24) is 10.6 Å². The predicted molar refractivity (Wildman–Crippen MR) is 62.4 cm³/mol. The summed E-state index contributed by atoms with van der Waals surface area (Å²) >= 11 is 5.04. The van der Waals surface area contributed by atoms with E-state index in [2.05, 4.69) is 38.0 Å². The molecule has 14 heavy (non-hydrogen) atoms. The Balaban J connectivity index is 2.18. The van der Waals surface area contributed by atoms with Gasteiger partial charge in [-0.3, -0.25) is 4.79 Å². The molecule has 1 rings (SSSR count). The van der Waals surface area contributed by atoms with Crippen LogP contribution in [0.15, 0.2) is 15.2 Å². The van der Waals surface area contributed by atoms with Crippen molar-refractivity contribution >= 4 is 33.2 Å². The molecule has 78 valence electrons. The average Bonchev–Trinajstić information content (AvgIpc) is 2.52.